The normalized spacial score (nSPS) is 11.6. The van der Waals surface area contributed by atoms with Gasteiger partial charge < -0.3 is 5.64 Å². The molecule has 5 heavy (non-hydrogen) atoms. The summed E-state index contributed by atoms with van der Waals surface area (Å²) in [5.74, 6) is 0. The van der Waals surface area contributed by atoms with Gasteiger partial charge in [-0.25, -0.2) is 0 Å². The standard InChI is InChI=1S/BF2H3NP/c2-5(3)1-4/h1H,4H2/i1T. The molecule has 0 radical (unpaired) electrons. The van der Waals surface area contributed by atoms with Gasteiger partial charge in [0.05, 0.1) is 0 Å². The molecule has 0 fully saturated rings. The molecule has 30 valence electrons. The second kappa shape index (κ2) is 2.55. The molecule has 0 atom stereocenters. The fourth-order valence-electron chi connectivity index (χ4n) is 0. The summed E-state index contributed by atoms with van der Waals surface area (Å²) < 4.78 is 27.9. The van der Waals surface area contributed by atoms with Crippen LogP contribution in [0, 0.1) is 0 Å². The molecule has 2 N–H and O–H groups in total. The van der Waals surface area contributed by atoms with Crippen LogP contribution in [0.2, 0.25) is 0 Å². The number of hydrogen-bond donors (Lipinski definition) is 1. The van der Waals surface area contributed by atoms with Crippen LogP contribution in [0.15, 0.2) is 0 Å². The van der Waals surface area contributed by atoms with Gasteiger partial charge in [-0.05, 0) is 0 Å². The van der Waals surface area contributed by atoms with Crippen molar-refractivity contribution >= 4 is 15.5 Å². The van der Waals surface area contributed by atoms with Crippen molar-refractivity contribution in [1.29, 1.82) is 1.34 Å². The molecule has 0 amide bonds. The topological polar surface area (TPSA) is 26.0 Å². The van der Waals surface area contributed by atoms with Gasteiger partial charge in [-0.3, -0.25) is 0 Å². The van der Waals surface area contributed by atoms with Gasteiger partial charge in [-0.15, -0.1) is 0 Å². The van der Waals surface area contributed by atoms with Crippen molar-refractivity contribution in [3.05, 3.63) is 0 Å². The van der Waals surface area contributed by atoms with Crippen LogP contribution in [0.3, 0.4) is 0 Å². The fraction of sp³-hybridized carbons (Fsp3) is 0. The minimum absolute atomic E-state index is 1.67. The highest BCUT2D eigenvalue weighted by Crippen LogP contribution is 2.33. The predicted octanol–water partition coefficient (Wildman–Crippen LogP) is 0.463. The van der Waals surface area contributed by atoms with Crippen LogP contribution in [-0.4, -0.2) is 8.43 Å². The van der Waals surface area contributed by atoms with E-state index in [1.807, 2.05) is 0 Å². The van der Waals surface area contributed by atoms with E-state index in [0.717, 1.165) is 0 Å². The van der Waals surface area contributed by atoms with Gasteiger partial charge >= 0.3 is 7.10 Å². The van der Waals surface area contributed by atoms with Crippen LogP contribution in [-0.2, 0) is 0 Å². The molecule has 1 nitrogen and oxygen atoms in total. The van der Waals surface area contributed by atoms with E-state index in [2.05, 4.69) is 5.64 Å². The lowest BCUT2D eigenvalue weighted by Gasteiger charge is -1.77. The van der Waals surface area contributed by atoms with Gasteiger partial charge in [0.25, 0.3) is 0 Å². The molecule has 0 saturated carbocycles. The van der Waals surface area contributed by atoms with Crippen LogP contribution in [0.1, 0.15) is 0 Å². The van der Waals surface area contributed by atoms with E-state index in [1.54, 1.807) is 0 Å². The average molecular weight is 98.8 g/mol. The highest BCUT2D eigenvalue weighted by Gasteiger charge is 1.97. The van der Waals surface area contributed by atoms with Crippen LogP contribution in [0.25, 0.3) is 0 Å². The van der Waals surface area contributed by atoms with Gasteiger partial charge in [-0.2, -0.15) is 8.39 Å². The van der Waals surface area contributed by atoms with Crippen LogP contribution < -0.4 is 5.64 Å². The first-order valence-electron chi connectivity index (χ1n) is 1.51. The first-order valence-corrected chi connectivity index (χ1v) is 2.12. The van der Waals surface area contributed by atoms with E-state index in [4.69, 9.17) is 1.34 Å². The first kappa shape index (κ1) is 3.50. The summed E-state index contributed by atoms with van der Waals surface area (Å²) in [6.07, 6.45) is 0. The van der Waals surface area contributed by atoms with Gasteiger partial charge in [0.1, 0.15) is 0 Å². The lowest BCUT2D eigenvalue weighted by atomic mass is 10.5. The summed E-state index contributed by atoms with van der Waals surface area (Å²) in [4.78, 5) is 0. The zero-order valence-electron chi connectivity index (χ0n) is 3.36. The zero-order chi connectivity index (χ0) is 5.15. The summed E-state index contributed by atoms with van der Waals surface area (Å²) in [5.41, 5.74) is 4.38. The monoisotopic (exact) mass is 99.0 g/mol. The molecule has 0 aromatic heterocycles. The van der Waals surface area contributed by atoms with E-state index < -0.39 is 15.5 Å². The SMILES string of the molecule is [3H]B(N)P(F)F. The maximum atomic E-state index is 10.9. The van der Waals surface area contributed by atoms with E-state index >= 15 is 0 Å². The quantitative estimate of drug-likeness (QED) is 0.375. The van der Waals surface area contributed by atoms with E-state index in [-0.39, 0.29) is 0 Å². The Balaban J connectivity index is 2.99. The lowest BCUT2D eigenvalue weighted by Crippen LogP contribution is -1.95. The van der Waals surface area contributed by atoms with E-state index in [0.29, 0.717) is 0 Å². The van der Waals surface area contributed by atoms with E-state index in [9.17, 15) is 8.39 Å². The van der Waals surface area contributed by atoms with Gasteiger partial charge in [0.2, 0.25) is 8.42 Å². The maximum absolute atomic E-state index is 10.9. The number of rotatable bonds is 1. The molecule has 0 aliphatic heterocycles. The van der Waals surface area contributed by atoms with Crippen molar-refractivity contribution in [2.45, 2.75) is 0 Å². The number of nitrogens with two attached hydrogens (primary N) is 1. The number of halogens is 2. The molecule has 0 rings (SSSR count). The van der Waals surface area contributed by atoms with Crippen molar-refractivity contribution in [3.63, 3.8) is 0 Å². The summed E-state index contributed by atoms with van der Waals surface area (Å²) in [5, 5.41) is 0. The minimum Gasteiger partial charge on any atom is -0.364 e. The summed E-state index contributed by atoms with van der Waals surface area (Å²) >= 11 is 0. The Labute approximate surface area is 32.1 Å². The van der Waals surface area contributed by atoms with Crippen LogP contribution >= 0.6 is 8.42 Å². The molecular weight excluding hydrogens is 93.8 g/mol. The van der Waals surface area contributed by atoms with Gasteiger partial charge in [0.15, 0.2) is 0 Å². The smallest absolute Gasteiger partial charge is 0.311 e. The molecule has 0 bridgehead atoms. The molecule has 0 saturated heterocycles. The largest absolute Gasteiger partial charge is 0.364 e. The second-order valence-corrected chi connectivity index (χ2v) is 1.22. The summed E-state index contributed by atoms with van der Waals surface area (Å²) in [6, 6.07) is 0. The molecule has 0 aromatic carbocycles. The third-order valence-corrected chi connectivity index (χ3v) is 0.338. The molecule has 0 aliphatic carbocycles. The Bertz CT molecular complexity index is 34.5. The van der Waals surface area contributed by atoms with Gasteiger partial charge in [-0.1, -0.05) is 0 Å². The summed E-state index contributed by atoms with van der Waals surface area (Å²) in [7, 11) is -4.88. The Morgan fingerprint density at radius 1 is 2.00 bits per heavy atom. The highest BCUT2D eigenvalue weighted by atomic mass is 31.2. The molecule has 0 spiro atoms. The fourth-order valence-corrected chi connectivity index (χ4v) is 0. The minimum atomic E-state index is -3.22. The Morgan fingerprint density at radius 2 is 2.20 bits per heavy atom. The second-order valence-electron chi connectivity index (χ2n) is 0.408. The predicted molar refractivity (Wildman–Crippen MR) is 20.5 cm³/mol. The van der Waals surface area contributed by atoms with Crippen molar-refractivity contribution in [1.82, 2.24) is 0 Å². The summed E-state index contributed by atoms with van der Waals surface area (Å²) in [6.45, 7) is 0. The third kappa shape index (κ3) is 4.31. The third-order valence-electron chi connectivity index (χ3n) is 0.113. The lowest BCUT2D eigenvalue weighted by molar-refractivity contribution is 0.771. The molecule has 0 heterocycles. The molecule has 0 unspecified atom stereocenters. The Kier molecular flexibility index (Phi) is 1.78. The molecular formula is H3BF2NP. The van der Waals surface area contributed by atoms with Gasteiger partial charge in [0, 0.05) is 1.34 Å². The highest BCUT2D eigenvalue weighted by molar-refractivity contribution is 7.77. The Hall–Kier alpha value is 0.315. The van der Waals surface area contributed by atoms with Crippen LogP contribution in [0.5, 0.6) is 0 Å². The first-order chi connectivity index (χ1) is 2.64. The van der Waals surface area contributed by atoms with Crippen molar-refractivity contribution in [2.75, 3.05) is 0 Å². The van der Waals surface area contributed by atoms with Crippen molar-refractivity contribution in [2.24, 2.45) is 5.64 Å². The Morgan fingerprint density at radius 3 is 2.20 bits per heavy atom. The molecule has 0 aliphatic rings. The van der Waals surface area contributed by atoms with E-state index in [1.165, 1.54) is 0 Å². The van der Waals surface area contributed by atoms with Crippen LogP contribution in [0.4, 0.5) is 8.39 Å². The van der Waals surface area contributed by atoms with Crippen molar-refractivity contribution < 1.29 is 8.39 Å². The van der Waals surface area contributed by atoms with Crippen molar-refractivity contribution in [3.8, 4) is 0 Å². The average Bonchev–Trinajstić information content (AvgIpc) is 1.36. The maximum Gasteiger partial charge on any atom is 0.311 e. The molecule has 5 heteroatoms. The molecule has 0 aromatic rings. The number of hydrogen-bond acceptors (Lipinski definition) is 1. The zero-order valence-corrected chi connectivity index (χ0v) is 3.25.